The first-order chi connectivity index (χ1) is 16.1. The smallest absolute Gasteiger partial charge is 0.161 e. The lowest BCUT2D eigenvalue weighted by molar-refractivity contribution is 0.145. The quantitative estimate of drug-likeness (QED) is 0.445. The fourth-order valence-electron chi connectivity index (χ4n) is 5.19. The van der Waals surface area contributed by atoms with Crippen LogP contribution in [-0.4, -0.2) is 45.0 Å². The molecule has 2 atom stereocenters. The van der Waals surface area contributed by atoms with Crippen LogP contribution in [0.25, 0.3) is 28.3 Å². The zero-order valence-electron chi connectivity index (χ0n) is 18.2. The van der Waals surface area contributed by atoms with Gasteiger partial charge in [-0.2, -0.15) is 0 Å². The monoisotopic (exact) mass is 443 g/mol. The highest BCUT2D eigenvalue weighted by atomic mass is 19.1. The number of nitrogens with zero attached hydrogens (tertiary/aromatic N) is 4. The van der Waals surface area contributed by atoms with E-state index < -0.39 is 0 Å². The van der Waals surface area contributed by atoms with E-state index in [1.54, 1.807) is 12.1 Å². The average molecular weight is 444 g/mol. The molecule has 0 radical (unpaired) electrons. The number of aromatic nitrogens is 3. The number of benzene rings is 2. The Balaban J connectivity index is 1.39. The fraction of sp³-hybridized carbons (Fsp3) is 0.269. The number of nitrogens with two attached hydrogens (primary N) is 1. The van der Waals surface area contributed by atoms with Crippen LogP contribution in [-0.2, 0) is 6.54 Å². The third-order valence-corrected chi connectivity index (χ3v) is 6.92. The van der Waals surface area contributed by atoms with Gasteiger partial charge in [0.05, 0.1) is 17.5 Å². The maximum atomic E-state index is 13.4. The molecule has 2 aromatic carbocycles. The summed E-state index contributed by atoms with van der Waals surface area (Å²) >= 11 is 0. The van der Waals surface area contributed by atoms with E-state index in [2.05, 4.69) is 49.5 Å². The number of anilines is 1. The Morgan fingerprint density at radius 2 is 1.91 bits per heavy atom. The lowest BCUT2D eigenvalue weighted by atomic mass is 10.0. The third-order valence-electron chi connectivity index (χ3n) is 6.92. The Morgan fingerprint density at radius 1 is 1.06 bits per heavy atom. The lowest BCUT2D eigenvalue weighted by Gasteiger charge is -2.21. The van der Waals surface area contributed by atoms with Crippen molar-refractivity contribution in [3.05, 3.63) is 78.5 Å². The minimum absolute atomic E-state index is 0.211. The number of fused-ring (bicyclic) bond motifs is 5. The second kappa shape index (κ2) is 7.86. The van der Waals surface area contributed by atoms with E-state index in [0.29, 0.717) is 19.6 Å². The van der Waals surface area contributed by atoms with Crippen molar-refractivity contribution in [1.29, 1.82) is 0 Å². The molecule has 33 heavy (non-hydrogen) atoms. The van der Waals surface area contributed by atoms with E-state index >= 15 is 0 Å². The van der Waals surface area contributed by atoms with Gasteiger partial charge in [-0.15, -0.1) is 0 Å². The Hall–Kier alpha value is -3.42. The molecule has 6 nitrogen and oxygen atoms in total. The predicted molar refractivity (Wildman–Crippen MR) is 127 cm³/mol. The van der Waals surface area contributed by atoms with Gasteiger partial charge in [-0.3, -0.25) is 4.57 Å². The summed E-state index contributed by atoms with van der Waals surface area (Å²) < 4.78 is 17.8. The number of hydrogen-bond acceptors (Lipinski definition) is 4. The highest BCUT2D eigenvalue weighted by molar-refractivity contribution is 5.72. The summed E-state index contributed by atoms with van der Waals surface area (Å²) in [6.07, 6.45) is 6.41. The highest BCUT2D eigenvalue weighted by Crippen LogP contribution is 2.36. The molecule has 4 aromatic rings. The van der Waals surface area contributed by atoms with Gasteiger partial charge in [-0.1, -0.05) is 12.1 Å². The summed E-state index contributed by atoms with van der Waals surface area (Å²) in [6, 6.07) is 15.2. The van der Waals surface area contributed by atoms with Gasteiger partial charge in [0.25, 0.3) is 0 Å². The van der Waals surface area contributed by atoms with Crippen LogP contribution in [0.2, 0.25) is 0 Å². The zero-order valence-corrected chi connectivity index (χ0v) is 18.2. The SMILES string of the molecule is NCC[C@@H]1CN(c2ccc3c(c2)Cn2cc(-c4ccc(F)cc4)cc2-c2nccn2-3)C[C@H]1O. The van der Waals surface area contributed by atoms with Crippen molar-refractivity contribution < 1.29 is 9.50 Å². The molecule has 0 aliphatic carbocycles. The van der Waals surface area contributed by atoms with Crippen molar-refractivity contribution in [3.8, 4) is 28.3 Å². The van der Waals surface area contributed by atoms with Crippen LogP contribution in [0, 0.1) is 11.7 Å². The second-order valence-electron chi connectivity index (χ2n) is 8.99. The number of halogens is 1. The molecule has 2 aliphatic heterocycles. The molecule has 0 spiro atoms. The molecule has 0 bridgehead atoms. The normalized spacial score (nSPS) is 19.2. The van der Waals surface area contributed by atoms with Crippen LogP contribution in [0.4, 0.5) is 10.1 Å². The first kappa shape index (κ1) is 20.2. The summed E-state index contributed by atoms with van der Waals surface area (Å²) in [6.45, 7) is 2.74. The van der Waals surface area contributed by atoms with Crippen LogP contribution in [0.3, 0.4) is 0 Å². The first-order valence-electron chi connectivity index (χ1n) is 11.4. The Labute approximate surface area is 191 Å². The van der Waals surface area contributed by atoms with Gasteiger partial charge in [0.15, 0.2) is 5.82 Å². The Morgan fingerprint density at radius 3 is 2.73 bits per heavy atom. The van der Waals surface area contributed by atoms with Gasteiger partial charge in [-0.25, -0.2) is 9.37 Å². The molecule has 2 aromatic heterocycles. The average Bonchev–Trinajstić information content (AvgIpc) is 3.52. The topological polar surface area (TPSA) is 72.2 Å². The van der Waals surface area contributed by atoms with E-state index in [-0.39, 0.29) is 17.8 Å². The minimum Gasteiger partial charge on any atom is -0.391 e. The summed E-state index contributed by atoms with van der Waals surface area (Å²) in [5, 5.41) is 10.5. The largest absolute Gasteiger partial charge is 0.391 e. The van der Waals surface area contributed by atoms with E-state index in [9.17, 15) is 9.50 Å². The van der Waals surface area contributed by atoms with Gasteiger partial charge in [-0.05, 0) is 60.5 Å². The lowest BCUT2D eigenvalue weighted by Crippen LogP contribution is -2.21. The van der Waals surface area contributed by atoms with Gasteiger partial charge >= 0.3 is 0 Å². The molecule has 4 heterocycles. The molecule has 3 N–H and O–H groups in total. The van der Waals surface area contributed by atoms with Crippen LogP contribution in [0.15, 0.2) is 67.1 Å². The van der Waals surface area contributed by atoms with E-state index in [4.69, 9.17) is 5.73 Å². The standard InChI is InChI=1S/C26H26FN5O/c27-21-3-1-17(2-4-21)19-12-24-26-29-9-10-32(26)23-6-5-22(11-20(23)15-31(24)14-19)30-13-18(7-8-28)25(33)16-30/h1-6,9-12,14,18,25,33H,7-8,13,15-16,28H2/t18-,25-/m1/s1. The molecule has 0 unspecified atom stereocenters. The second-order valence-corrected chi connectivity index (χ2v) is 8.99. The summed E-state index contributed by atoms with van der Waals surface area (Å²) in [7, 11) is 0. The number of β-amino-alcohol motifs (C(OH)–C–C–N with tert-alkyl or cyclic N) is 1. The van der Waals surface area contributed by atoms with E-state index in [1.165, 1.54) is 17.7 Å². The summed E-state index contributed by atoms with van der Waals surface area (Å²) in [4.78, 5) is 6.90. The van der Waals surface area contributed by atoms with Crippen molar-refractivity contribution >= 4 is 5.69 Å². The number of hydrogen-bond donors (Lipinski definition) is 2. The summed E-state index contributed by atoms with van der Waals surface area (Å²) in [5.74, 6) is 0.857. The molecule has 0 amide bonds. The van der Waals surface area contributed by atoms with Gasteiger partial charge in [0, 0.05) is 55.4 Å². The molecule has 1 fully saturated rings. The Bertz CT molecular complexity index is 1310. The van der Waals surface area contributed by atoms with Crippen molar-refractivity contribution in [3.63, 3.8) is 0 Å². The van der Waals surface area contributed by atoms with Crippen LogP contribution >= 0.6 is 0 Å². The first-order valence-corrected chi connectivity index (χ1v) is 11.4. The molecular weight excluding hydrogens is 417 g/mol. The zero-order chi connectivity index (χ0) is 22.5. The van der Waals surface area contributed by atoms with Gasteiger partial charge < -0.3 is 20.3 Å². The Kier molecular flexibility index (Phi) is 4.81. The molecular formula is C26H26FN5O. The third kappa shape index (κ3) is 3.44. The molecule has 2 aliphatic rings. The van der Waals surface area contributed by atoms with Crippen molar-refractivity contribution in [1.82, 2.24) is 14.1 Å². The van der Waals surface area contributed by atoms with Crippen molar-refractivity contribution in [2.24, 2.45) is 11.7 Å². The summed E-state index contributed by atoms with van der Waals surface area (Å²) in [5.41, 5.74) is 12.2. The molecule has 7 heteroatoms. The van der Waals surface area contributed by atoms with Gasteiger partial charge in [0.2, 0.25) is 0 Å². The predicted octanol–water partition coefficient (Wildman–Crippen LogP) is 3.65. The van der Waals surface area contributed by atoms with E-state index in [0.717, 1.165) is 47.0 Å². The van der Waals surface area contributed by atoms with Crippen molar-refractivity contribution in [2.45, 2.75) is 19.1 Å². The molecule has 6 rings (SSSR count). The fourth-order valence-corrected chi connectivity index (χ4v) is 5.19. The van der Waals surface area contributed by atoms with Crippen molar-refractivity contribution in [2.75, 3.05) is 24.5 Å². The van der Waals surface area contributed by atoms with Gasteiger partial charge in [0.1, 0.15) is 5.82 Å². The molecule has 1 saturated heterocycles. The number of aliphatic hydroxyl groups excluding tert-OH is 1. The minimum atomic E-state index is -0.345. The number of imidazole rings is 1. The molecule has 168 valence electrons. The highest BCUT2D eigenvalue weighted by Gasteiger charge is 2.31. The molecule has 0 saturated carbocycles. The number of rotatable bonds is 4. The van der Waals surface area contributed by atoms with Crippen LogP contribution < -0.4 is 10.6 Å². The number of aliphatic hydroxyl groups is 1. The van der Waals surface area contributed by atoms with E-state index in [1.807, 2.05) is 12.4 Å². The van der Waals surface area contributed by atoms with Crippen LogP contribution in [0.5, 0.6) is 0 Å². The maximum absolute atomic E-state index is 13.4. The maximum Gasteiger partial charge on any atom is 0.161 e. The van der Waals surface area contributed by atoms with Crippen LogP contribution in [0.1, 0.15) is 12.0 Å².